The number of rotatable bonds is 5. The van der Waals surface area contributed by atoms with E-state index in [1.54, 1.807) is 47.4 Å². The number of para-hydroxylation sites is 1. The van der Waals surface area contributed by atoms with Crippen LogP contribution in [-0.4, -0.2) is 53.0 Å². The molecule has 38 heavy (non-hydrogen) atoms. The minimum atomic E-state index is -0.839. The van der Waals surface area contributed by atoms with Crippen molar-refractivity contribution in [3.8, 4) is 0 Å². The van der Waals surface area contributed by atoms with Crippen LogP contribution in [0.25, 0.3) is 6.08 Å². The lowest BCUT2D eigenvalue weighted by Gasteiger charge is -2.36. The fraction of sp³-hybridized carbons (Fsp3) is 0.179. The molecule has 0 bridgehead atoms. The number of piperazine rings is 1. The van der Waals surface area contributed by atoms with Gasteiger partial charge in [0.15, 0.2) is 0 Å². The van der Waals surface area contributed by atoms with Crippen LogP contribution in [0.15, 0.2) is 71.6 Å². The fourth-order valence-electron chi connectivity index (χ4n) is 4.41. The van der Waals surface area contributed by atoms with Crippen LogP contribution in [0.1, 0.15) is 21.5 Å². The second kappa shape index (κ2) is 10.7. The van der Waals surface area contributed by atoms with E-state index in [4.69, 9.17) is 0 Å². The molecule has 0 unspecified atom stereocenters. The Morgan fingerprint density at radius 2 is 1.63 bits per heavy atom. The van der Waals surface area contributed by atoms with Crippen molar-refractivity contribution in [1.29, 1.82) is 0 Å². The van der Waals surface area contributed by atoms with Crippen molar-refractivity contribution in [2.24, 2.45) is 0 Å². The van der Waals surface area contributed by atoms with Gasteiger partial charge in [-0.25, -0.2) is 13.2 Å². The van der Waals surface area contributed by atoms with Crippen LogP contribution >= 0.6 is 11.8 Å². The maximum absolute atomic E-state index is 14.1. The van der Waals surface area contributed by atoms with Gasteiger partial charge in [0.1, 0.15) is 17.5 Å². The Morgan fingerprint density at radius 1 is 0.868 bits per heavy atom. The molecule has 3 aromatic carbocycles. The zero-order valence-electron chi connectivity index (χ0n) is 20.1. The molecule has 0 N–H and O–H groups in total. The number of nitrogens with zero attached hydrogens (tertiary/aromatic N) is 3. The molecular weight excluding hydrogens is 515 g/mol. The van der Waals surface area contributed by atoms with E-state index in [1.165, 1.54) is 18.2 Å². The van der Waals surface area contributed by atoms with Gasteiger partial charge in [0.05, 0.1) is 17.1 Å². The maximum atomic E-state index is 14.1. The third-order valence-corrected chi connectivity index (χ3v) is 7.32. The molecule has 2 fully saturated rings. The largest absolute Gasteiger partial charge is 0.366 e. The topological polar surface area (TPSA) is 60.9 Å². The average Bonchev–Trinajstić information content (AvgIpc) is 3.17. The van der Waals surface area contributed by atoms with Gasteiger partial charge in [-0.1, -0.05) is 30.3 Å². The van der Waals surface area contributed by atoms with Gasteiger partial charge in [0.25, 0.3) is 17.1 Å². The summed E-state index contributed by atoms with van der Waals surface area (Å²) >= 11 is 0.717. The van der Waals surface area contributed by atoms with Gasteiger partial charge >= 0.3 is 0 Å². The SMILES string of the molecule is O=C(c1cccc(/C=C2\SC(=O)N(Cc3ccc(F)cc3F)C2=O)c1)N1CCN(c2ccccc2F)CC1. The number of hydrogen-bond donors (Lipinski definition) is 0. The monoisotopic (exact) mass is 537 g/mol. The van der Waals surface area contributed by atoms with E-state index in [0.717, 1.165) is 11.0 Å². The quantitative estimate of drug-likeness (QED) is 0.414. The minimum absolute atomic E-state index is 0.0256. The van der Waals surface area contributed by atoms with Crippen molar-refractivity contribution in [1.82, 2.24) is 9.80 Å². The van der Waals surface area contributed by atoms with Crippen molar-refractivity contribution in [2.75, 3.05) is 31.1 Å². The molecule has 0 atom stereocenters. The second-order valence-electron chi connectivity index (χ2n) is 8.86. The molecule has 2 aliphatic heterocycles. The van der Waals surface area contributed by atoms with Gasteiger partial charge in [-0.05, 0) is 53.7 Å². The van der Waals surface area contributed by atoms with E-state index in [2.05, 4.69) is 0 Å². The van der Waals surface area contributed by atoms with Crippen molar-refractivity contribution in [3.63, 3.8) is 0 Å². The molecular formula is C28H22F3N3O3S. The highest BCUT2D eigenvalue weighted by Gasteiger charge is 2.35. The van der Waals surface area contributed by atoms with Crippen LogP contribution in [0, 0.1) is 17.5 Å². The first-order valence-corrected chi connectivity index (χ1v) is 12.7. The predicted molar refractivity (Wildman–Crippen MR) is 139 cm³/mol. The molecule has 194 valence electrons. The molecule has 2 heterocycles. The van der Waals surface area contributed by atoms with E-state index in [0.29, 0.717) is 60.8 Å². The summed E-state index contributed by atoms with van der Waals surface area (Å²) in [7, 11) is 0. The molecule has 0 radical (unpaired) electrons. The number of benzene rings is 3. The number of carbonyl (C=O) groups excluding carboxylic acids is 3. The summed E-state index contributed by atoms with van der Waals surface area (Å²) < 4.78 is 41.3. The van der Waals surface area contributed by atoms with Gasteiger partial charge < -0.3 is 9.80 Å². The van der Waals surface area contributed by atoms with Crippen LogP contribution < -0.4 is 4.90 Å². The van der Waals surface area contributed by atoms with Crippen LogP contribution in [0.2, 0.25) is 0 Å². The maximum Gasteiger partial charge on any atom is 0.293 e. The summed E-state index contributed by atoms with van der Waals surface area (Å²) in [5.41, 5.74) is 1.51. The molecule has 2 saturated heterocycles. The summed E-state index contributed by atoms with van der Waals surface area (Å²) in [5, 5.41) is -0.565. The smallest absolute Gasteiger partial charge is 0.293 e. The lowest BCUT2D eigenvalue weighted by Crippen LogP contribution is -2.49. The highest BCUT2D eigenvalue weighted by atomic mass is 32.2. The van der Waals surface area contributed by atoms with Gasteiger partial charge in [-0.3, -0.25) is 19.3 Å². The Hall–Kier alpha value is -4.05. The molecule has 0 aliphatic carbocycles. The standard InChI is InChI=1S/C28H22F3N3O3S/c29-21-9-8-20(23(31)16-21)17-34-27(36)25(38-28(34)37)15-18-4-3-5-19(14-18)26(35)33-12-10-32(11-13-33)24-7-2-1-6-22(24)30/h1-9,14-16H,10-13,17H2/b25-15-. The lowest BCUT2D eigenvalue weighted by molar-refractivity contribution is -0.123. The predicted octanol–water partition coefficient (Wildman–Crippen LogP) is 5.30. The summed E-state index contributed by atoms with van der Waals surface area (Å²) in [5.74, 6) is -2.67. The Bertz CT molecular complexity index is 1450. The second-order valence-corrected chi connectivity index (χ2v) is 9.85. The van der Waals surface area contributed by atoms with E-state index in [9.17, 15) is 27.6 Å². The van der Waals surface area contributed by atoms with Crippen molar-refractivity contribution in [2.45, 2.75) is 6.54 Å². The van der Waals surface area contributed by atoms with E-state index in [1.807, 2.05) is 4.90 Å². The Labute approximate surface area is 221 Å². The number of imide groups is 1. The molecule has 2 aliphatic rings. The summed E-state index contributed by atoms with van der Waals surface area (Å²) in [6.07, 6.45) is 1.51. The summed E-state index contributed by atoms with van der Waals surface area (Å²) in [4.78, 5) is 43.1. The Balaban J connectivity index is 1.26. The molecule has 3 aromatic rings. The van der Waals surface area contributed by atoms with Crippen molar-refractivity contribution in [3.05, 3.63) is 106 Å². The van der Waals surface area contributed by atoms with Crippen LogP contribution in [-0.2, 0) is 11.3 Å². The highest BCUT2D eigenvalue weighted by molar-refractivity contribution is 8.18. The first kappa shape index (κ1) is 25.6. The first-order valence-electron chi connectivity index (χ1n) is 11.9. The number of amides is 3. The van der Waals surface area contributed by atoms with E-state index >= 15 is 0 Å². The normalized spacial score (nSPS) is 17.0. The van der Waals surface area contributed by atoms with Gasteiger partial charge in [0.2, 0.25) is 0 Å². The van der Waals surface area contributed by atoms with Crippen molar-refractivity contribution >= 4 is 40.6 Å². The van der Waals surface area contributed by atoms with Gasteiger partial charge in [-0.15, -0.1) is 0 Å². The zero-order chi connectivity index (χ0) is 26.8. The van der Waals surface area contributed by atoms with E-state index < -0.39 is 22.8 Å². The molecule has 0 saturated carbocycles. The van der Waals surface area contributed by atoms with E-state index in [-0.39, 0.29) is 28.7 Å². The summed E-state index contributed by atoms with van der Waals surface area (Å²) in [6.45, 7) is 1.53. The summed E-state index contributed by atoms with van der Waals surface area (Å²) in [6, 6.07) is 16.2. The molecule has 0 spiro atoms. The van der Waals surface area contributed by atoms with Gasteiger partial charge in [-0.2, -0.15) is 0 Å². The first-order chi connectivity index (χ1) is 18.3. The Morgan fingerprint density at radius 3 is 2.37 bits per heavy atom. The third-order valence-electron chi connectivity index (χ3n) is 6.41. The zero-order valence-corrected chi connectivity index (χ0v) is 20.9. The molecule has 3 amide bonds. The van der Waals surface area contributed by atoms with Crippen LogP contribution in [0.3, 0.4) is 0 Å². The lowest BCUT2D eigenvalue weighted by atomic mass is 10.1. The van der Waals surface area contributed by atoms with Crippen LogP contribution in [0.4, 0.5) is 23.7 Å². The third kappa shape index (κ3) is 5.31. The van der Waals surface area contributed by atoms with Crippen LogP contribution in [0.5, 0.6) is 0 Å². The van der Waals surface area contributed by atoms with Gasteiger partial charge in [0, 0.05) is 43.4 Å². The molecule has 10 heteroatoms. The fourth-order valence-corrected chi connectivity index (χ4v) is 5.25. The molecule has 0 aromatic heterocycles. The highest BCUT2D eigenvalue weighted by Crippen LogP contribution is 2.34. The minimum Gasteiger partial charge on any atom is -0.366 e. The number of anilines is 1. The number of carbonyl (C=O) groups is 3. The van der Waals surface area contributed by atoms with Crippen molar-refractivity contribution < 1.29 is 27.6 Å². The molecule has 5 rings (SSSR count). The average molecular weight is 538 g/mol. The number of halogens is 3. The number of thioether (sulfide) groups is 1. The number of hydrogen-bond acceptors (Lipinski definition) is 5. The Kier molecular flexibility index (Phi) is 7.24. The molecule has 6 nitrogen and oxygen atoms in total.